The van der Waals surface area contributed by atoms with Crippen LogP contribution in [0.2, 0.25) is 0 Å². The number of amides is 1. The smallest absolute Gasteiger partial charge is 0.338 e. The molecule has 2 aromatic heterocycles. The highest BCUT2D eigenvalue weighted by Gasteiger charge is 2.18. The molecule has 0 radical (unpaired) electrons. The Bertz CT molecular complexity index is 1390. The van der Waals surface area contributed by atoms with Crippen LogP contribution >= 0.6 is 0 Å². The van der Waals surface area contributed by atoms with Gasteiger partial charge in [-0.2, -0.15) is 5.10 Å². The van der Waals surface area contributed by atoms with Gasteiger partial charge in [0.25, 0.3) is 0 Å². The second kappa shape index (κ2) is 10.1. The van der Waals surface area contributed by atoms with Crippen molar-refractivity contribution in [3.05, 3.63) is 82.2 Å². The lowest BCUT2D eigenvalue weighted by Crippen LogP contribution is -2.13. The first kappa shape index (κ1) is 24.1. The van der Waals surface area contributed by atoms with Crippen molar-refractivity contribution in [1.29, 1.82) is 0 Å². The summed E-state index contributed by atoms with van der Waals surface area (Å²) in [5, 5.41) is 8.69. The largest absolute Gasteiger partial charge is 0.462 e. The Morgan fingerprint density at radius 1 is 0.943 bits per heavy atom. The van der Waals surface area contributed by atoms with Crippen molar-refractivity contribution < 1.29 is 14.3 Å². The Labute approximate surface area is 205 Å². The maximum atomic E-state index is 12.6. The predicted octanol–water partition coefficient (Wildman–Crippen LogP) is 5.40. The third-order valence-corrected chi connectivity index (χ3v) is 6.13. The van der Waals surface area contributed by atoms with Crippen molar-refractivity contribution in [2.75, 3.05) is 11.9 Å². The fourth-order valence-corrected chi connectivity index (χ4v) is 4.31. The summed E-state index contributed by atoms with van der Waals surface area (Å²) in [6.45, 7) is 10.2. The molecule has 4 aromatic rings. The summed E-state index contributed by atoms with van der Waals surface area (Å²) in [6, 6.07) is 14.9. The molecule has 180 valence electrons. The third-order valence-electron chi connectivity index (χ3n) is 6.13. The Kier molecular flexibility index (Phi) is 6.96. The Morgan fingerprint density at radius 3 is 2.29 bits per heavy atom. The topological polar surface area (TPSA) is 86.1 Å². The first-order valence-electron chi connectivity index (χ1n) is 11.8. The fourth-order valence-electron chi connectivity index (χ4n) is 4.31. The van der Waals surface area contributed by atoms with E-state index in [0.717, 1.165) is 39.2 Å². The highest BCUT2D eigenvalue weighted by atomic mass is 16.5. The summed E-state index contributed by atoms with van der Waals surface area (Å²) >= 11 is 0. The molecule has 7 nitrogen and oxygen atoms in total. The van der Waals surface area contributed by atoms with Crippen LogP contribution in [0.15, 0.2) is 48.5 Å². The van der Waals surface area contributed by atoms with E-state index in [4.69, 9.17) is 14.8 Å². The van der Waals surface area contributed by atoms with Gasteiger partial charge in [0.15, 0.2) is 5.65 Å². The lowest BCUT2D eigenvalue weighted by Gasteiger charge is -2.12. The molecule has 35 heavy (non-hydrogen) atoms. The van der Waals surface area contributed by atoms with E-state index in [1.807, 2.05) is 30.7 Å². The molecular formula is C28H30N4O3. The molecule has 7 heteroatoms. The van der Waals surface area contributed by atoms with Crippen LogP contribution in [0.25, 0.3) is 16.7 Å². The zero-order valence-corrected chi connectivity index (χ0v) is 20.8. The minimum Gasteiger partial charge on any atom is -0.462 e. The number of pyridine rings is 1. The average Bonchev–Trinajstić information content (AvgIpc) is 3.16. The molecule has 1 N–H and O–H groups in total. The lowest BCUT2D eigenvalue weighted by atomic mass is 9.99. The maximum absolute atomic E-state index is 12.6. The van der Waals surface area contributed by atoms with Gasteiger partial charge in [-0.1, -0.05) is 17.7 Å². The number of anilines is 1. The van der Waals surface area contributed by atoms with Gasteiger partial charge < -0.3 is 10.1 Å². The van der Waals surface area contributed by atoms with Gasteiger partial charge in [0.05, 0.1) is 23.6 Å². The summed E-state index contributed by atoms with van der Waals surface area (Å²) in [4.78, 5) is 29.3. The van der Waals surface area contributed by atoms with E-state index < -0.39 is 0 Å². The van der Waals surface area contributed by atoms with Crippen molar-refractivity contribution >= 4 is 28.6 Å². The number of aryl methyl sites for hydroxylation is 4. The van der Waals surface area contributed by atoms with Crippen molar-refractivity contribution in [2.45, 2.75) is 47.5 Å². The molecule has 2 heterocycles. The first-order valence-corrected chi connectivity index (χ1v) is 11.8. The number of hydrogen-bond acceptors (Lipinski definition) is 5. The van der Waals surface area contributed by atoms with Crippen LogP contribution in [0, 0.1) is 27.7 Å². The molecule has 1 amide bonds. The highest BCUT2D eigenvalue weighted by molar-refractivity contribution is 5.93. The van der Waals surface area contributed by atoms with E-state index in [0.29, 0.717) is 30.7 Å². The van der Waals surface area contributed by atoms with E-state index in [1.165, 1.54) is 5.56 Å². The van der Waals surface area contributed by atoms with Crippen molar-refractivity contribution in [3.8, 4) is 5.69 Å². The average molecular weight is 471 g/mol. The predicted molar refractivity (Wildman–Crippen MR) is 137 cm³/mol. The molecule has 0 aliphatic carbocycles. The minimum atomic E-state index is -0.375. The van der Waals surface area contributed by atoms with E-state index in [-0.39, 0.29) is 11.9 Å². The molecule has 2 aromatic carbocycles. The number of aromatic nitrogens is 3. The first-order chi connectivity index (χ1) is 16.8. The number of nitrogens with one attached hydrogen (secondary N) is 1. The molecule has 0 bridgehead atoms. The standard InChI is InChI=1S/C28H30N4O3/c1-6-35-28(34)21-9-11-22(12-10-21)30-25(33)16-15-24-18(3)26-20(5)31-32(27(26)29-19(24)4)23-13-7-17(2)8-14-23/h7-14H,6,15-16H2,1-5H3,(H,30,33). The van der Waals surface area contributed by atoms with Gasteiger partial charge in [-0.05, 0) is 88.6 Å². The lowest BCUT2D eigenvalue weighted by molar-refractivity contribution is -0.116. The van der Waals surface area contributed by atoms with Crippen LogP contribution in [-0.4, -0.2) is 33.2 Å². The summed E-state index contributed by atoms with van der Waals surface area (Å²) in [5.74, 6) is -0.472. The third kappa shape index (κ3) is 5.09. The number of nitrogens with zero attached hydrogens (tertiary/aromatic N) is 3. The number of rotatable bonds is 7. The van der Waals surface area contributed by atoms with Crippen molar-refractivity contribution in [3.63, 3.8) is 0 Å². The number of carbonyl (C=O) groups is 2. The molecule has 0 spiro atoms. The fraction of sp³-hybridized carbons (Fsp3) is 0.286. The van der Waals surface area contributed by atoms with Gasteiger partial charge >= 0.3 is 5.97 Å². The van der Waals surface area contributed by atoms with E-state index in [1.54, 1.807) is 31.2 Å². The van der Waals surface area contributed by atoms with Gasteiger partial charge in [-0.3, -0.25) is 4.79 Å². The Balaban J connectivity index is 1.50. The molecule has 4 rings (SSSR count). The van der Waals surface area contributed by atoms with Crippen molar-refractivity contribution in [1.82, 2.24) is 14.8 Å². The second-order valence-electron chi connectivity index (χ2n) is 8.68. The molecule has 0 saturated heterocycles. The van der Waals surface area contributed by atoms with Crippen LogP contribution in [0.3, 0.4) is 0 Å². The van der Waals surface area contributed by atoms with E-state index >= 15 is 0 Å². The van der Waals surface area contributed by atoms with Crippen molar-refractivity contribution in [2.24, 2.45) is 0 Å². The highest BCUT2D eigenvalue weighted by Crippen LogP contribution is 2.28. The van der Waals surface area contributed by atoms with Crippen LogP contribution in [0.5, 0.6) is 0 Å². The molecule has 0 aliphatic rings. The van der Waals surface area contributed by atoms with Gasteiger partial charge in [-0.15, -0.1) is 0 Å². The molecule has 0 atom stereocenters. The number of fused-ring (bicyclic) bond motifs is 1. The van der Waals surface area contributed by atoms with Crippen LogP contribution < -0.4 is 5.32 Å². The monoisotopic (exact) mass is 470 g/mol. The SMILES string of the molecule is CCOC(=O)c1ccc(NC(=O)CCc2c(C)nc3c(c(C)nn3-c3ccc(C)cc3)c2C)cc1. The summed E-state index contributed by atoms with van der Waals surface area (Å²) in [6.07, 6.45) is 0.891. The molecule has 0 saturated carbocycles. The van der Waals surface area contributed by atoms with Crippen LogP contribution in [-0.2, 0) is 16.0 Å². The van der Waals surface area contributed by atoms with Gasteiger partial charge in [0.2, 0.25) is 5.91 Å². The van der Waals surface area contributed by atoms with Crippen LogP contribution in [0.1, 0.15) is 51.8 Å². The zero-order valence-electron chi connectivity index (χ0n) is 20.8. The number of benzene rings is 2. The summed E-state index contributed by atoms with van der Waals surface area (Å²) < 4.78 is 6.88. The van der Waals surface area contributed by atoms with Gasteiger partial charge in [0.1, 0.15) is 0 Å². The Morgan fingerprint density at radius 2 is 1.63 bits per heavy atom. The number of carbonyl (C=O) groups excluding carboxylic acids is 2. The molecule has 0 fully saturated rings. The van der Waals surface area contributed by atoms with Gasteiger partial charge in [0, 0.05) is 23.2 Å². The maximum Gasteiger partial charge on any atom is 0.338 e. The number of esters is 1. The second-order valence-corrected chi connectivity index (χ2v) is 8.68. The van der Waals surface area contributed by atoms with E-state index in [2.05, 4.69) is 31.3 Å². The minimum absolute atomic E-state index is 0.0974. The number of hydrogen-bond donors (Lipinski definition) is 1. The summed E-state index contributed by atoms with van der Waals surface area (Å²) in [5.41, 5.74) is 8.08. The summed E-state index contributed by atoms with van der Waals surface area (Å²) in [7, 11) is 0. The normalized spacial score (nSPS) is 11.0. The number of ether oxygens (including phenoxy) is 1. The van der Waals surface area contributed by atoms with E-state index in [9.17, 15) is 9.59 Å². The van der Waals surface area contributed by atoms with Crippen LogP contribution in [0.4, 0.5) is 5.69 Å². The zero-order chi connectivity index (χ0) is 25.1. The van der Waals surface area contributed by atoms with Gasteiger partial charge in [-0.25, -0.2) is 14.5 Å². The molecule has 0 aliphatic heterocycles. The molecular weight excluding hydrogens is 440 g/mol. The quantitative estimate of drug-likeness (QED) is 0.365. The Hall–Kier alpha value is -4.00. The molecule has 0 unspecified atom stereocenters.